The molecule has 6 rings (SSSR count). The van der Waals surface area contributed by atoms with Crippen molar-refractivity contribution in [3.8, 4) is 17.2 Å². The van der Waals surface area contributed by atoms with Crippen molar-refractivity contribution in [2.24, 2.45) is 0 Å². The average Bonchev–Trinajstić information content (AvgIpc) is 3.39. The number of methoxy groups -OCH3 is 1. The molecule has 0 aliphatic carbocycles. The van der Waals surface area contributed by atoms with E-state index in [1.807, 2.05) is 59.5 Å². The van der Waals surface area contributed by atoms with Gasteiger partial charge in [-0.05, 0) is 59.2 Å². The molecule has 0 spiro atoms. The zero-order valence-corrected chi connectivity index (χ0v) is 23.2. The van der Waals surface area contributed by atoms with Crippen LogP contribution in [0, 0.1) is 0 Å². The Hall–Kier alpha value is -4.55. The van der Waals surface area contributed by atoms with Crippen molar-refractivity contribution >= 4 is 16.8 Å². The van der Waals surface area contributed by atoms with Crippen LogP contribution in [0.5, 0.6) is 17.2 Å². The number of hydrogen-bond donors (Lipinski definition) is 0. The number of para-hydroxylation sites is 2. The van der Waals surface area contributed by atoms with Gasteiger partial charge in [0, 0.05) is 49.1 Å². The third-order valence-electron chi connectivity index (χ3n) is 7.69. The summed E-state index contributed by atoms with van der Waals surface area (Å²) in [6, 6.07) is 34.5. The number of benzene rings is 4. The highest BCUT2D eigenvalue weighted by atomic mass is 16.5. The summed E-state index contributed by atoms with van der Waals surface area (Å²) in [5.74, 6) is 2.36. The molecule has 1 unspecified atom stereocenters. The van der Waals surface area contributed by atoms with Gasteiger partial charge in [0.25, 0.3) is 0 Å². The van der Waals surface area contributed by atoms with Crippen LogP contribution in [-0.2, 0) is 16.1 Å². The summed E-state index contributed by atoms with van der Waals surface area (Å²) in [5, 5.41) is 1.15. The number of carbonyl (C=O) groups is 1. The predicted molar refractivity (Wildman–Crippen MR) is 161 cm³/mol. The summed E-state index contributed by atoms with van der Waals surface area (Å²) in [4.78, 5) is 15.6. The monoisotopic (exact) mass is 546 g/mol. The molecule has 6 heteroatoms. The lowest BCUT2D eigenvalue weighted by molar-refractivity contribution is -0.135. The maximum atomic E-state index is 13.6. The number of amides is 1. The lowest BCUT2D eigenvalue weighted by atomic mass is 9.87. The summed E-state index contributed by atoms with van der Waals surface area (Å²) < 4.78 is 19.3. The Morgan fingerprint density at radius 2 is 1.56 bits per heavy atom. The molecule has 1 atom stereocenters. The van der Waals surface area contributed by atoms with Gasteiger partial charge < -0.3 is 23.7 Å². The summed E-state index contributed by atoms with van der Waals surface area (Å²) in [5.41, 5.74) is 4.50. The molecule has 0 N–H and O–H groups in total. The summed E-state index contributed by atoms with van der Waals surface area (Å²) in [7, 11) is 1.68. The van der Waals surface area contributed by atoms with Gasteiger partial charge in [-0.3, -0.25) is 4.79 Å². The van der Waals surface area contributed by atoms with Gasteiger partial charge in [-0.15, -0.1) is 0 Å². The van der Waals surface area contributed by atoms with Crippen LogP contribution in [0.2, 0.25) is 0 Å². The second-order valence-corrected chi connectivity index (χ2v) is 10.3. The smallest absolute Gasteiger partial charge is 0.223 e. The van der Waals surface area contributed by atoms with Gasteiger partial charge in [-0.2, -0.15) is 0 Å². The largest absolute Gasteiger partial charge is 0.497 e. The van der Waals surface area contributed by atoms with Crippen LogP contribution in [0.3, 0.4) is 0 Å². The Bertz CT molecular complexity index is 1600. The van der Waals surface area contributed by atoms with E-state index in [-0.39, 0.29) is 11.8 Å². The molecule has 208 valence electrons. The Labute approximate surface area is 240 Å². The van der Waals surface area contributed by atoms with Crippen molar-refractivity contribution in [1.29, 1.82) is 0 Å². The second-order valence-electron chi connectivity index (χ2n) is 10.3. The summed E-state index contributed by atoms with van der Waals surface area (Å²) in [6.07, 6.45) is 2.59. The third kappa shape index (κ3) is 6.13. The maximum absolute atomic E-state index is 13.6. The SMILES string of the molecule is COc1ccc(Cn2cc(C(CC(=O)N3CCOCC3)c3cccc(Oc4ccccc4)c3)c3ccccc32)cc1. The molecule has 0 saturated carbocycles. The van der Waals surface area contributed by atoms with Crippen LogP contribution < -0.4 is 9.47 Å². The first kappa shape index (κ1) is 26.7. The first-order valence-electron chi connectivity index (χ1n) is 14.1. The van der Waals surface area contributed by atoms with Crippen molar-refractivity contribution in [2.75, 3.05) is 33.4 Å². The van der Waals surface area contributed by atoms with Gasteiger partial charge >= 0.3 is 0 Å². The van der Waals surface area contributed by atoms with E-state index < -0.39 is 0 Å². The third-order valence-corrected chi connectivity index (χ3v) is 7.69. The number of fused-ring (bicyclic) bond motifs is 1. The molecule has 1 aliphatic rings. The number of aromatic nitrogens is 1. The molecule has 41 heavy (non-hydrogen) atoms. The molecule has 6 nitrogen and oxygen atoms in total. The number of nitrogens with zero attached hydrogens (tertiary/aromatic N) is 2. The van der Waals surface area contributed by atoms with Gasteiger partial charge in [0.2, 0.25) is 5.91 Å². The fourth-order valence-electron chi connectivity index (χ4n) is 5.55. The van der Waals surface area contributed by atoms with Crippen LogP contribution in [0.1, 0.15) is 29.0 Å². The van der Waals surface area contributed by atoms with E-state index in [1.54, 1.807) is 7.11 Å². The van der Waals surface area contributed by atoms with E-state index in [4.69, 9.17) is 14.2 Å². The van der Waals surface area contributed by atoms with E-state index >= 15 is 0 Å². The number of ether oxygens (including phenoxy) is 3. The van der Waals surface area contributed by atoms with Crippen molar-refractivity contribution in [3.63, 3.8) is 0 Å². The molecule has 0 radical (unpaired) electrons. The van der Waals surface area contributed by atoms with Gasteiger partial charge in [0.15, 0.2) is 0 Å². The molecular formula is C35H34N2O4. The topological polar surface area (TPSA) is 52.9 Å². The van der Waals surface area contributed by atoms with Gasteiger partial charge in [0.05, 0.1) is 20.3 Å². The minimum atomic E-state index is -0.147. The molecule has 1 aromatic heterocycles. The molecule has 4 aromatic carbocycles. The van der Waals surface area contributed by atoms with Crippen molar-refractivity contribution in [1.82, 2.24) is 9.47 Å². The molecule has 5 aromatic rings. The van der Waals surface area contributed by atoms with E-state index in [1.165, 1.54) is 5.56 Å². The minimum absolute atomic E-state index is 0.139. The number of carbonyl (C=O) groups excluding carboxylic acids is 1. The lowest BCUT2D eigenvalue weighted by Crippen LogP contribution is -2.41. The van der Waals surface area contributed by atoms with E-state index in [0.29, 0.717) is 39.3 Å². The molecule has 1 aliphatic heterocycles. The molecule has 1 fully saturated rings. The van der Waals surface area contributed by atoms with Crippen LogP contribution in [0.15, 0.2) is 109 Å². The first-order valence-corrected chi connectivity index (χ1v) is 14.1. The highest BCUT2D eigenvalue weighted by Gasteiger charge is 2.26. The molecular weight excluding hydrogens is 512 g/mol. The van der Waals surface area contributed by atoms with Gasteiger partial charge in [-0.25, -0.2) is 0 Å². The zero-order chi connectivity index (χ0) is 28.0. The van der Waals surface area contributed by atoms with E-state index in [9.17, 15) is 4.79 Å². The van der Waals surface area contributed by atoms with Crippen LogP contribution in [-0.4, -0.2) is 48.8 Å². The van der Waals surface area contributed by atoms with Crippen LogP contribution in [0.4, 0.5) is 0 Å². The molecule has 2 heterocycles. The fraction of sp³-hybridized carbons (Fsp3) is 0.229. The van der Waals surface area contributed by atoms with Gasteiger partial charge in [-0.1, -0.05) is 60.7 Å². The highest BCUT2D eigenvalue weighted by molar-refractivity contribution is 5.87. The van der Waals surface area contributed by atoms with Crippen LogP contribution in [0.25, 0.3) is 10.9 Å². The number of hydrogen-bond acceptors (Lipinski definition) is 4. The molecule has 0 bridgehead atoms. The molecule has 1 saturated heterocycles. The average molecular weight is 547 g/mol. The van der Waals surface area contributed by atoms with Crippen molar-refractivity contribution in [3.05, 3.63) is 126 Å². The quantitative estimate of drug-likeness (QED) is 0.202. The second kappa shape index (κ2) is 12.3. The number of rotatable bonds is 9. The minimum Gasteiger partial charge on any atom is -0.497 e. The standard InChI is InChI=1S/C35H34N2O4/c1-39-28-16-14-26(15-17-28)24-37-25-33(31-12-5-6-13-34(31)37)32(23-35(38)36-18-20-40-21-19-36)27-8-7-11-30(22-27)41-29-9-3-2-4-10-29/h2-17,22,25,32H,18-21,23-24H2,1H3. The van der Waals surface area contributed by atoms with Crippen LogP contribution >= 0.6 is 0 Å². The van der Waals surface area contributed by atoms with E-state index in [2.05, 4.69) is 59.3 Å². The highest BCUT2D eigenvalue weighted by Crippen LogP contribution is 2.37. The normalized spacial score (nSPS) is 14.1. The number of morpholine rings is 1. The zero-order valence-electron chi connectivity index (χ0n) is 23.2. The first-order chi connectivity index (χ1) is 20.2. The van der Waals surface area contributed by atoms with Gasteiger partial charge in [0.1, 0.15) is 17.2 Å². The van der Waals surface area contributed by atoms with Crippen molar-refractivity contribution < 1.29 is 19.0 Å². The Balaban J connectivity index is 1.39. The lowest BCUT2D eigenvalue weighted by Gasteiger charge is -2.29. The van der Waals surface area contributed by atoms with Crippen molar-refractivity contribution in [2.45, 2.75) is 18.9 Å². The molecule has 1 amide bonds. The Morgan fingerprint density at radius 1 is 0.829 bits per heavy atom. The fourth-order valence-corrected chi connectivity index (χ4v) is 5.55. The van der Waals surface area contributed by atoms with E-state index in [0.717, 1.165) is 39.3 Å². The Morgan fingerprint density at radius 3 is 2.34 bits per heavy atom. The maximum Gasteiger partial charge on any atom is 0.223 e. The Kier molecular flexibility index (Phi) is 8.01. The summed E-state index contributed by atoms with van der Waals surface area (Å²) >= 11 is 0. The summed E-state index contributed by atoms with van der Waals surface area (Å²) in [6.45, 7) is 3.13. The predicted octanol–water partition coefficient (Wildman–Crippen LogP) is 6.87.